The van der Waals surface area contributed by atoms with Gasteiger partial charge in [-0.15, -0.1) is 0 Å². The zero-order valence-electron chi connectivity index (χ0n) is 11.9. The molecule has 0 aliphatic heterocycles. The van der Waals surface area contributed by atoms with Gasteiger partial charge in [0.2, 0.25) is 5.91 Å². The largest absolute Gasteiger partial charge is 0.469 e. The second-order valence-electron chi connectivity index (χ2n) is 4.68. The third-order valence-electron chi connectivity index (χ3n) is 2.71. The molecule has 0 radical (unpaired) electrons. The fraction of sp³-hybridized carbons (Fsp3) is 0.429. The number of ether oxygens (including phenoxy) is 1. The highest BCUT2D eigenvalue weighted by atomic mass is 35.5. The molecule has 0 heterocycles. The molecule has 1 aromatic carbocycles. The third-order valence-corrected chi connectivity index (χ3v) is 2.95. The Labute approximate surface area is 123 Å². The van der Waals surface area contributed by atoms with E-state index in [1.54, 1.807) is 43.1 Å². The van der Waals surface area contributed by atoms with Crippen molar-refractivity contribution in [2.45, 2.75) is 6.92 Å². The van der Waals surface area contributed by atoms with Crippen LogP contribution in [0.2, 0.25) is 5.02 Å². The highest BCUT2D eigenvalue weighted by Gasteiger charge is 2.17. The Balaban J connectivity index is 2.44. The highest BCUT2D eigenvalue weighted by molar-refractivity contribution is 6.30. The van der Waals surface area contributed by atoms with Gasteiger partial charge >= 0.3 is 5.97 Å². The van der Waals surface area contributed by atoms with Crippen LogP contribution in [0.1, 0.15) is 6.92 Å². The lowest BCUT2D eigenvalue weighted by molar-refractivity contribution is -0.145. The molecule has 0 aliphatic rings. The standard InChI is InChI=1S/C14H19ClN2O3/c1-10(14(19)20-3)8-17(2)9-13(18)16-12-6-4-5-11(15)7-12/h4-7,10H,8-9H2,1-3H3,(H,16,18). The molecular weight excluding hydrogens is 280 g/mol. The summed E-state index contributed by atoms with van der Waals surface area (Å²) in [6, 6.07) is 6.94. The topological polar surface area (TPSA) is 58.6 Å². The summed E-state index contributed by atoms with van der Waals surface area (Å²) in [5.41, 5.74) is 0.650. The van der Waals surface area contributed by atoms with Crippen molar-refractivity contribution >= 4 is 29.2 Å². The van der Waals surface area contributed by atoms with Crippen molar-refractivity contribution < 1.29 is 14.3 Å². The molecule has 1 unspecified atom stereocenters. The number of hydrogen-bond donors (Lipinski definition) is 1. The van der Waals surface area contributed by atoms with Gasteiger partial charge in [-0.2, -0.15) is 0 Å². The van der Waals surface area contributed by atoms with Crippen molar-refractivity contribution in [1.29, 1.82) is 0 Å². The van der Waals surface area contributed by atoms with Gasteiger partial charge < -0.3 is 10.1 Å². The molecule has 0 aromatic heterocycles. The number of carbonyl (C=O) groups excluding carboxylic acids is 2. The Bertz CT molecular complexity index is 479. The van der Waals surface area contributed by atoms with E-state index in [2.05, 4.69) is 10.1 Å². The van der Waals surface area contributed by atoms with Crippen molar-refractivity contribution in [3.8, 4) is 0 Å². The molecule has 0 bridgehead atoms. The Kier molecular flexibility index (Phi) is 6.48. The van der Waals surface area contributed by atoms with E-state index in [0.717, 1.165) is 0 Å². The number of rotatable bonds is 6. The number of methoxy groups -OCH3 is 1. The number of benzene rings is 1. The van der Waals surface area contributed by atoms with Crippen LogP contribution >= 0.6 is 11.6 Å². The van der Waals surface area contributed by atoms with Crippen molar-refractivity contribution in [3.63, 3.8) is 0 Å². The van der Waals surface area contributed by atoms with Crippen LogP contribution in [-0.4, -0.2) is 44.0 Å². The van der Waals surface area contributed by atoms with E-state index in [9.17, 15) is 9.59 Å². The maximum Gasteiger partial charge on any atom is 0.309 e. The summed E-state index contributed by atoms with van der Waals surface area (Å²) < 4.78 is 4.65. The quantitative estimate of drug-likeness (QED) is 0.816. The zero-order valence-corrected chi connectivity index (χ0v) is 12.6. The second-order valence-corrected chi connectivity index (χ2v) is 5.12. The molecule has 0 saturated carbocycles. The van der Waals surface area contributed by atoms with Crippen LogP contribution in [0.15, 0.2) is 24.3 Å². The maximum absolute atomic E-state index is 11.8. The number of esters is 1. The lowest BCUT2D eigenvalue weighted by atomic mass is 10.2. The number of hydrogen-bond acceptors (Lipinski definition) is 4. The van der Waals surface area contributed by atoms with Gasteiger partial charge in [-0.05, 0) is 25.2 Å². The van der Waals surface area contributed by atoms with Gasteiger partial charge in [0.25, 0.3) is 0 Å². The minimum atomic E-state index is -0.285. The van der Waals surface area contributed by atoms with Crippen LogP contribution in [0, 0.1) is 5.92 Å². The van der Waals surface area contributed by atoms with Crippen molar-refractivity contribution in [2.24, 2.45) is 5.92 Å². The second kappa shape index (κ2) is 7.87. The number of nitrogens with zero attached hydrogens (tertiary/aromatic N) is 1. The first-order valence-electron chi connectivity index (χ1n) is 6.24. The average Bonchev–Trinajstić information content (AvgIpc) is 2.37. The van der Waals surface area contributed by atoms with Crippen LogP contribution in [0.3, 0.4) is 0 Å². The van der Waals surface area contributed by atoms with Crippen LogP contribution in [0.5, 0.6) is 0 Å². The SMILES string of the molecule is COC(=O)C(C)CN(C)CC(=O)Nc1cccc(Cl)c1. The van der Waals surface area contributed by atoms with E-state index >= 15 is 0 Å². The Morgan fingerprint density at radius 3 is 2.75 bits per heavy atom. The highest BCUT2D eigenvalue weighted by Crippen LogP contribution is 2.14. The summed E-state index contributed by atoms with van der Waals surface area (Å²) in [6.45, 7) is 2.40. The van der Waals surface area contributed by atoms with E-state index in [-0.39, 0.29) is 24.3 Å². The smallest absolute Gasteiger partial charge is 0.309 e. The minimum absolute atomic E-state index is 0.160. The molecule has 1 aromatic rings. The normalized spacial score (nSPS) is 12.1. The molecule has 1 rings (SSSR count). The Morgan fingerprint density at radius 2 is 2.15 bits per heavy atom. The number of anilines is 1. The summed E-state index contributed by atoms with van der Waals surface area (Å²) in [7, 11) is 3.13. The molecule has 0 aliphatic carbocycles. The predicted octanol–water partition coefficient (Wildman–Crippen LogP) is 2.02. The first kappa shape index (κ1) is 16.5. The number of halogens is 1. The van der Waals surface area contributed by atoms with Gasteiger partial charge in [-0.1, -0.05) is 24.6 Å². The van der Waals surface area contributed by atoms with Crippen molar-refractivity contribution in [1.82, 2.24) is 4.90 Å². The van der Waals surface area contributed by atoms with E-state index in [0.29, 0.717) is 17.3 Å². The van der Waals surface area contributed by atoms with E-state index in [1.807, 2.05) is 0 Å². The first-order valence-corrected chi connectivity index (χ1v) is 6.62. The first-order chi connectivity index (χ1) is 9.42. The summed E-state index contributed by atoms with van der Waals surface area (Å²) in [4.78, 5) is 24.9. The molecule has 5 nitrogen and oxygen atoms in total. The zero-order chi connectivity index (χ0) is 15.1. The number of carbonyl (C=O) groups is 2. The predicted molar refractivity (Wildman–Crippen MR) is 78.8 cm³/mol. The van der Waals surface area contributed by atoms with Crippen molar-refractivity contribution in [2.75, 3.05) is 32.6 Å². The van der Waals surface area contributed by atoms with Gasteiger partial charge in [0.15, 0.2) is 0 Å². The van der Waals surface area contributed by atoms with Crippen LogP contribution < -0.4 is 5.32 Å². The average molecular weight is 299 g/mol. The summed E-state index contributed by atoms with van der Waals surface area (Å²) in [5.74, 6) is -0.720. The van der Waals surface area contributed by atoms with Crippen LogP contribution in [0.4, 0.5) is 5.69 Å². The number of likely N-dealkylation sites (N-methyl/N-ethyl adjacent to an activating group) is 1. The van der Waals surface area contributed by atoms with Gasteiger partial charge in [0, 0.05) is 17.3 Å². The lowest BCUT2D eigenvalue weighted by Crippen LogP contribution is -2.35. The molecule has 0 fully saturated rings. The molecule has 1 N–H and O–H groups in total. The van der Waals surface area contributed by atoms with Crippen molar-refractivity contribution in [3.05, 3.63) is 29.3 Å². The summed E-state index contributed by atoms with van der Waals surface area (Å²) >= 11 is 5.84. The molecule has 6 heteroatoms. The fourth-order valence-electron chi connectivity index (χ4n) is 1.82. The van der Waals surface area contributed by atoms with Gasteiger partial charge in [-0.3, -0.25) is 14.5 Å². The Morgan fingerprint density at radius 1 is 1.45 bits per heavy atom. The molecular formula is C14H19ClN2O3. The van der Waals surface area contributed by atoms with Gasteiger partial charge in [0.05, 0.1) is 19.6 Å². The summed E-state index contributed by atoms with van der Waals surface area (Å²) in [5, 5.41) is 3.31. The van der Waals surface area contributed by atoms with E-state index < -0.39 is 0 Å². The van der Waals surface area contributed by atoms with Crippen LogP contribution in [0.25, 0.3) is 0 Å². The molecule has 110 valence electrons. The van der Waals surface area contributed by atoms with Gasteiger partial charge in [0.1, 0.15) is 0 Å². The molecule has 0 spiro atoms. The minimum Gasteiger partial charge on any atom is -0.469 e. The number of nitrogens with one attached hydrogen (secondary N) is 1. The monoisotopic (exact) mass is 298 g/mol. The molecule has 0 saturated heterocycles. The Hall–Kier alpha value is -1.59. The lowest BCUT2D eigenvalue weighted by Gasteiger charge is -2.19. The fourth-order valence-corrected chi connectivity index (χ4v) is 2.01. The molecule has 20 heavy (non-hydrogen) atoms. The molecule has 1 amide bonds. The summed E-state index contributed by atoms with van der Waals surface area (Å²) in [6.07, 6.45) is 0. The third kappa shape index (κ3) is 5.59. The van der Waals surface area contributed by atoms with Gasteiger partial charge in [-0.25, -0.2) is 0 Å². The van der Waals surface area contributed by atoms with Crippen LogP contribution in [-0.2, 0) is 14.3 Å². The number of amides is 1. The van der Waals surface area contributed by atoms with E-state index in [4.69, 9.17) is 11.6 Å². The maximum atomic E-state index is 11.8. The molecule has 1 atom stereocenters. The van der Waals surface area contributed by atoms with E-state index in [1.165, 1.54) is 7.11 Å².